The number of rotatable bonds is 5. The summed E-state index contributed by atoms with van der Waals surface area (Å²) in [5.74, 6) is 0.854. The van der Waals surface area contributed by atoms with Gasteiger partial charge in [0.15, 0.2) is 0 Å². The van der Waals surface area contributed by atoms with Gasteiger partial charge in [0.2, 0.25) is 0 Å². The van der Waals surface area contributed by atoms with Crippen molar-refractivity contribution in [3.05, 3.63) is 0 Å². The Morgan fingerprint density at radius 3 is 2.67 bits per heavy atom. The molecule has 0 aromatic heterocycles. The maximum atomic E-state index is 3.57. The van der Waals surface area contributed by atoms with Gasteiger partial charge < -0.3 is 10.2 Å². The maximum absolute atomic E-state index is 3.57. The zero-order chi connectivity index (χ0) is 11.3. The minimum atomic E-state index is 0.682. The van der Waals surface area contributed by atoms with Crippen LogP contribution in [0, 0.1) is 5.92 Å². The van der Waals surface area contributed by atoms with Crippen LogP contribution in [0.4, 0.5) is 0 Å². The van der Waals surface area contributed by atoms with Crippen molar-refractivity contribution < 1.29 is 0 Å². The lowest BCUT2D eigenvalue weighted by Gasteiger charge is -2.39. The third-order valence-corrected chi connectivity index (χ3v) is 3.94. The fourth-order valence-corrected chi connectivity index (χ4v) is 2.60. The molecule has 0 aromatic carbocycles. The van der Waals surface area contributed by atoms with Crippen LogP contribution in [-0.2, 0) is 0 Å². The monoisotopic (exact) mass is 212 g/mol. The minimum Gasteiger partial charge on any atom is -0.314 e. The van der Waals surface area contributed by atoms with Crippen LogP contribution >= 0.6 is 0 Å². The van der Waals surface area contributed by atoms with Crippen molar-refractivity contribution in [3.8, 4) is 0 Å². The molecule has 2 nitrogen and oxygen atoms in total. The van der Waals surface area contributed by atoms with Gasteiger partial charge in [-0.1, -0.05) is 13.8 Å². The molecule has 1 aliphatic heterocycles. The quantitative estimate of drug-likeness (QED) is 0.753. The summed E-state index contributed by atoms with van der Waals surface area (Å²) in [5, 5.41) is 3.57. The number of hydrogen-bond acceptors (Lipinski definition) is 2. The van der Waals surface area contributed by atoms with E-state index in [-0.39, 0.29) is 0 Å². The lowest BCUT2D eigenvalue weighted by molar-refractivity contribution is 0.112. The first-order valence-electron chi connectivity index (χ1n) is 6.66. The first-order valence-corrected chi connectivity index (χ1v) is 6.66. The first kappa shape index (κ1) is 13.0. The fraction of sp³-hybridized carbons (Fsp3) is 1.00. The SMILES string of the molecule is CCNC(C)C1CCCN(C(C)CC)C1. The Labute approximate surface area is 95.4 Å². The Bertz CT molecular complexity index is 170. The zero-order valence-electron chi connectivity index (χ0n) is 10.9. The second-order valence-electron chi connectivity index (χ2n) is 5.00. The van der Waals surface area contributed by atoms with Gasteiger partial charge >= 0.3 is 0 Å². The largest absolute Gasteiger partial charge is 0.314 e. The molecule has 0 spiro atoms. The summed E-state index contributed by atoms with van der Waals surface area (Å²) in [7, 11) is 0. The molecule has 3 atom stereocenters. The Morgan fingerprint density at radius 1 is 1.33 bits per heavy atom. The Kier molecular flexibility index (Phi) is 5.62. The molecular formula is C13H28N2. The van der Waals surface area contributed by atoms with Gasteiger partial charge in [0.1, 0.15) is 0 Å². The van der Waals surface area contributed by atoms with E-state index in [1.165, 1.54) is 32.4 Å². The first-order chi connectivity index (χ1) is 7.19. The molecule has 0 radical (unpaired) electrons. The average molecular weight is 212 g/mol. The van der Waals surface area contributed by atoms with Gasteiger partial charge in [0.05, 0.1) is 0 Å². The number of nitrogens with one attached hydrogen (secondary N) is 1. The van der Waals surface area contributed by atoms with Gasteiger partial charge in [-0.15, -0.1) is 0 Å². The molecule has 0 aromatic rings. The molecule has 15 heavy (non-hydrogen) atoms. The van der Waals surface area contributed by atoms with Crippen molar-refractivity contribution in [2.24, 2.45) is 5.92 Å². The summed E-state index contributed by atoms with van der Waals surface area (Å²) in [4.78, 5) is 2.67. The highest BCUT2D eigenvalue weighted by molar-refractivity contribution is 4.82. The summed E-state index contributed by atoms with van der Waals surface area (Å²) in [6.07, 6.45) is 4.06. The Balaban J connectivity index is 2.41. The molecule has 1 heterocycles. The number of piperidine rings is 1. The molecule has 0 saturated carbocycles. The Morgan fingerprint density at radius 2 is 2.07 bits per heavy atom. The normalized spacial score (nSPS) is 27.6. The molecule has 90 valence electrons. The van der Waals surface area contributed by atoms with Crippen LogP contribution in [0.3, 0.4) is 0 Å². The van der Waals surface area contributed by atoms with Crippen LogP contribution in [0.5, 0.6) is 0 Å². The van der Waals surface area contributed by atoms with E-state index in [0.717, 1.165) is 18.5 Å². The predicted octanol–water partition coefficient (Wildman–Crippen LogP) is 2.49. The standard InChI is InChI=1S/C13H28N2/c1-5-11(3)15-9-7-8-13(10-15)12(4)14-6-2/h11-14H,5-10H2,1-4H3. The summed E-state index contributed by atoms with van der Waals surface area (Å²) in [6, 6.07) is 1.45. The van der Waals surface area contributed by atoms with Crippen LogP contribution in [0.1, 0.15) is 47.0 Å². The smallest absolute Gasteiger partial charge is 0.00791 e. The van der Waals surface area contributed by atoms with Crippen LogP contribution in [0.2, 0.25) is 0 Å². The van der Waals surface area contributed by atoms with Crippen molar-refractivity contribution >= 4 is 0 Å². The summed E-state index contributed by atoms with van der Waals surface area (Å²) in [5.41, 5.74) is 0. The lowest BCUT2D eigenvalue weighted by atomic mass is 9.90. The molecule has 1 rings (SSSR count). The van der Waals surface area contributed by atoms with E-state index < -0.39 is 0 Å². The van der Waals surface area contributed by atoms with Crippen LogP contribution in [0.15, 0.2) is 0 Å². The van der Waals surface area contributed by atoms with E-state index in [4.69, 9.17) is 0 Å². The molecule has 1 saturated heterocycles. The number of nitrogens with zero attached hydrogens (tertiary/aromatic N) is 1. The highest BCUT2D eigenvalue weighted by atomic mass is 15.2. The molecule has 1 aliphatic rings. The van der Waals surface area contributed by atoms with E-state index in [1.807, 2.05) is 0 Å². The van der Waals surface area contributed by atoms with E-state index >= 15 is 0 Å². The van der Waals surface area contributed by atoms with Gasteiger partial charge in [-0.2, -0.15) is 0 Å². The predicted molar refractivity (Wildman–Crippen MR) is 67.2 cm³/mol. The second kappa shape index (κ2) is 6.49. The van der Waals surface area contributed by atoms with Crippen molar-refractivity contribution in [1.29, 1.82) is 0 Å². The second-order valence-corrected chi connectivity index (χ2v) is 5.00. The van der Waals surface area contributed by atoms with Gasteiger partial charge in [-0.05, 0) is 52.1 Å². The van der Waals surface area contributed by atoms with Crippen LogP contribution in [0.25, 0.3) is 0 Å². The highest BCUT2D eigenvalue weighted by Gasteiger charge is 2.25. The minimum absolute atomic E-state index is 0.682. The topological polar surface area (TPSA) is 15.3 Å². The molecule has 0 bridgehead atoms. The van der Waals surface area contributed by atoms with Crippen molar-refractivity contribution in [1.82, 2.24) is 10.2 Å². The molecule has 2 heteroatoms. The van der Waals surface area contributed by atoms with E-state index in [1.54, 1.807) is 0 Å². The van der Waals surface area contributed by atoms with Crippen LogP contribution < -0.4 is 5.32 Å². The van der Waals surface area contributed by atoms with Gasteiger partial charge in [-0.25, -0.2) is 0 Å². The molecule has 1 N–H and O–H groups in total. The zero-order valence-corrected chi connectivity index (χ0v) is 10.9. The highest BCUT2D eigenvalue weighted by Crippen LogP contribution is 2.22. The summed E-state index contributed by atoms with van der Waals surface area (Å²) >= 11 is 0. The number of hydrogen-bond donors (Lipinski definition) is 1. The summed E-state index contributed by atoms with van der Waals surface area (Å²) < 4.78 is 0. The average Bonchev–Trinajstić information content (AvgIpc) is 2.28. The third kappa shape index (κ3) is 3.76. The van der Waals surface area contributed by atoms with Crippen molar-refractivity contribution in [3.63, 3.8) is 0 Å². The fourth-order valence-electron chi connectivity index (χ4n) is 2.60. The lowest BCUT2D eigenvalue weighted by Crippen LogP contribution is -2.47. The molecule has 0 aliphatic carbocycles. The van der Waals surface area contributed by atoms with E-state index in [9.17, 15) is 0 Å². The molecule has 0 amide bonds. The van der Waals surface area contributed by atoms with Gasteiger partial charge in [0.25, 0.3) is 0 Å². The maximum Gasteiger partial charge on any atom is 0.00791 e. The number of likely N-dealkylation sites (tertiary alicyclic amines) is 1. The van der Waals surface area contributed by atoms with E-state index in [2.05, 4.69) is 37.9 Å². The van der Waals surface area contributed by atoms with Crippen molar-refractivity contribution in [2.45, 2.75) is 59.0 Å². The third-order valence-electron chi connectivity index (χ3n) is 3.94. The Hall–Kier alpha value is -0.0800. The van der Waals surface area contributed by atoms with E-state index in [0.29, 0.717) is 6.04 Å². The molecule has 3 unspecified atom stereocenters. The van der Waals surface area contributed by atoms with Crippen LogP contribution in [-0.4, -0.2) is 36.6 Å². The molecular weight excluding hydrogens is 184 g/mol. The van der Waals surface area contributed by atoms with Gasteiger partial charge in [-0.3, -0.25) is 0 Å². The molecule has 1 fully saturated rings. The van der Waals surface area contributed by atoms with Gasteiger partial charge in [0, 0.05) is 18.6 Å². The summed E-state index contributed by atoms with van der Waals surface area (Å²) in [6.45, 7) is 12.9. The van der Waals surface area contributed by atoms with Crippen molar-refractivity contribution in [2.75, 3.05) is 19.6 Å².